The number of nitrogens with zero attached hydrogens (tertiary/aromatic N) is 1. The molecule has 0 aliphatic rings. The summed E-state index contributed by atoms with van der Waals surface area (Å²) in [5, 5.41) is 10.2. The Kier molecular flexibility index (Phi) is 3.66. The van der Waals surface area contributed by atoms with Crippen molar-refractivity contribution in [2.45, 2.75) is 6.18 Å². The van der Waals surface area contributed by atoms with Crippen LogP contribution in [0.3, 0.4) is 0 Å². The number of pyridine rings is 1. The number of hydrogen-bond donors (Lipinski definition) is 2. The first-order chi connectivity index (χ1) is 7.79. The van der Waals surface area contributed by atoms with Crippen LogP contribution in [0, 0.1) is 0 Å². The van der Waals surface area contributed by atoms with E-state index >= 15 is 0 Å². The molecule has 2 N–H and O–H groups in total. The highest BCUT2D eigenvalue weighted by Crippen LogP contribution is 2.12. The maximum Gasteiger partial charge on any atom is 0.405 e. The Morgan fingerprint density at radius 1 is 1.29 bits per heavy atom. The van der Waals surface area contributed by atoms with Crippen molar-refractivity contribution in [3.05, 3.63) is 29.6 Å². The predicted molar refractivity (Wildman–Crippen MR) is 49.6 cm³/mol. The first-order valence-corrected chi connectivity index (χ1v) is 4.35. The fourth-order valence-corrected chi connectivity index (χ4v) is 0.951. The molecule has 1 amide bonds. The largest absolute Gasteiger partial charge is 0.477 e. The predicted octanol–water partition coefficient (Wildman–Crippen LogP) is 1.07. The molecule has 0 aromatic carbocycles. The van der Waals surface area contributed by atoms with E-state index in [0.717, 1.165) is 12.1 Å². The average Bonchev–Trinajstić information content (AvgIpc) is 2.25. The first-order valence-electron chi connectivity index (χ1n) is 4.35. The minimum Gasteiger partial charge on any atom is -0.477 e. The number of carboxylic acid groups (broad SMARTS) is 1. The second-order valence-electron chi connectivity index (χ2n) is 3.01. The molecule has 1 rings (SSSR count). The van der Waals surface area contributed by atoms with E-state index in [1.54, 1.807) is 5.32 Å². The summed E-state index contributed by atoms with van der Waals surface area (Å²) in [6.07, 6.45) is -4.53. The number of aromatic carboxylic acids is 1. The van der Waals surface area contributed by atoms with E-state index in [0.29, 0.717) is 0 Å². The molecule has 5 nitrogen and oxygen atoms in total. The van der Waals surface area contributed by atoms with Crippen molar-refractivity contribution in [2.75, 3.05) is 6.54 Å². The third kappa shape index (κ3) is 4.09. The number of aromatic nitrogens is 1. The fourth-order valence-electron chi connectivity index (χ4n) is 0.951. The topological polar surface area (TPSA) is 79.3 Å². The summed E-state index contributed by atoms with van der Waals surface area (Å²) in [6, 6.07) is 3.47. The molecule has 1 aromatic rings. The normalized spacial score (nSPS) is 11.0. The molecular weight excluding hydrogens is 241 g/mol. The van der Waals surface area contributed by atoms with Crippen LogP contribution in [-0.4, -0.2) is 34.7 Å². The quantitative estimate of drug-likeness (QED) is 0.838. The standard InChI is InChI=1S/C9H7F3N2O3/c10-9(11,12)4-13-7(15)5-2-1-3-6(14-5)8(16)17/h1-3H,4H2,(H,13,15)(H,16,17). The number of carbonyl (C=O) groups excluding carboxylic acids is 1. The van der Waals surface area contributed by atoms with Crippen molar-refractivity contribution >= 4 is 11.9 Å². The number of alkyl halides is 3. The summed E-state index contributed by atoms with van der Waals surface area (Å²) < 4.78 is 35.4. The van der Waals surface area contributed by atoms with Crippen molar-refractivity contribution in [3.8, 4) is 0 Å². The van der Waals surface area contributed by atoms with Crippen LogP contribution in [0.25, 0.3) is 0 Å². The van der Waals surface area contributed by atoms with Crippen LogP contribution in [0.2, 0.25) is 0 Å². The number of halogens is 3. The molecule has 0 saturated carbocycles. The lowest BCUT2D eigenvalue weighted by molar-refractivity contribution is -0.123. The number of nitrogens with one attached hydrogen (secondary N) is 1. The molecule has 0 aliphatic carbocycles. The molecule has 0 bridgehead atoms. The molecule has 1 aromatic heterocycles. The number of carbonyl (C=O) groups is 2. The maximum atomic E-state index is 11.8. The summed E-state index contributed by atoms with van der Waals surface area (Å²) in [7, 11) is 0. The molecule has 0 saturated heterocycles. The second-order valence-corrected chi connectivity index (χ2v) is 3.01. The van der Waals surface area contributed by atoms with Gasteiger partial charge in [0.05, 0.1) is 0 Å². The molecular formula is C9H7F3N2O3. The van der Waals surface area contributed by atoms with Gasteiger partial charge >= 0.3 is 12.1 Å². The van der Waals surface area contributed by atoms with E-state index in [9.17, 15) is 22.8 Å². The third-order valence-corrected chi connectivity index (χ3v) is 1.65. The number of amides is 1. The number of carboxylic acids is 1. The summed E-state index contributed by atoms with van der Waals surface area (Å²) in [4.78, 5) is 25.1. The Labute approximate surface area is 93.3 Å². The van der Waals surface area contributed by atoms with Gasteiger partial charge in [-0.1, -0.05) is 6.07 Å². The minimum absolute atomic E-state index is 0.380. The van der Waals surface area contributed by atoms with Crippen molar-refractivity contribution in [2.24, 2.45) is 0 Å². The lowest BCUT2D eigenvalue weighted by Gasteiger charge is -2.07. The monoisotopic (exact) mass is 248 g/mol. The molecule has 8 heteroatoms. The van der Waals surface area contributed by atoms with Crippen LogP contribution >= 0.6 is 0 Å². The van der Waals surface area contributed by atoms with Crippen LogP contribution in [0.5, 0.6) is 0 Å². The zero-order valence-electron chi connectivity index (χ0n) is 8.28. The van der Waals surface area contributed by atoms with Crippen LogP contribution in [0.1, 0.15) is 21.0 Å². The van der Waals surface area contributed by atoms with Gasteiger partial charge in [-0.2, -0.15) is 13.2 Å². The molecule has 0 fully saturated rings. The maximum absolute atomic E-state index is 11.8. The molecule has 1 heterocycles. The van der Waals surface area contributed by atoms with E-state index in [4.69, 9.17) is 5.11 Å². The first kappa shape index (κ1) is 12.9. The lowest BCUT2D eigenvalue weighted by atomic mass is 10.3. The molecule has 0 unspecified atom stereocenters. The summed E-state index contributed by atoms with van der Waals surface area (Å²) in [6.45, 7) is -1.50. The molecule has 0 atom stereocenters. The Morgan fingerprint density at radius 2 is 1.88 bits per heavy atom. The highest BCUT2D eigenvalue weighted by Gasteiger charge is 2.28. The third-order valence-electron chi connectivity index (χ3n) is 1.65. The van der Waals surface area contributed by atoms with Gasteiger partial charge in [0.15, 0.2) is 0 Å². The summed E-state index contributed by atoms with van der Waals surface area (Å²) in [5.74, 6) is -2.44. The van der Waals surface area contributed by atoms with Gasteiger partial charge < -0.3 is 10.4 Å². The van der Waals surface area contributed by atoms with E-state index in [2.05, 4.69) is 4.98 Å². The Bertz CT molecular complexity index is 445. The van der Waals surface area contributed by atoms with Gasteiger partial charge in [-0.3, -0.25) is 4.79 Å². The van der Waals surface area contributed by atoms with Gasteiger partial charge in [-0.05, 0) is 12.1 Å². The van der Waals surface area contributed by atoms with Crippen LogP contribution in [0.4, 0.5) is 13.2 Å². The lowest BCUT2D eigenvalue weighted by Crippen LogP contribution is -2.34. The van der Waals surface area contributed by atoms with Gasteiger partial charge in [0, 0.05) is 0 Å². The SMILES string of the molecule is O=C(O)c1cccc(C(=O)NCC(F)(F)F)n1. The molecule has 0 spiro atoms. The van der Waals surface area contributed by atoms with Crippen molar-refractivity contribution < 1.29 is 27.9 Å². The number of rotatable bonds is 3. The number of hydrogen-bond acceptors (Lipinski definition) is 3. The van der Waals surface area contributed by atoms with Gasteiger partial charge in [0.25, 0.3) is 5.91 Å². The van der Waals surface area contributed by atoms with Crippen molar-refractivity contribution in [1.82, 2.24) is 10.3 Å². The Morgan fingerprint density at radius 3 is 2.41 bits per heavy atom. The van der Waals surface area contributed by atoms with Crippen LogP contribution in [-0.2, 0) is 0 Å². The van der Waals surface area contributed by atoms with Crippen molar-refractivity contribution in [1.29, 1.82) is 0 Å². The van der Waals surface area contributed by atoms with E-state index < -0.39 is 30.3 Å². The highest BCUT2D eigenvalue weighted by atomic mass is 19.4. The van der Waals surface area contributed by atoms with Crippen molar-refractivity contribution in [3.63, 3.8) is 0 Å². The van der Waals surface area contributed by atoms with E-state index in [-0.39, 0.29) is 5.69 Å². The van der Waals surface area contributed by atoms with E-state index in [1.165, 1.54) is 6.07 Å². The van der Waals surface area contributed by atoms with Gasteiger partial charge in [-0.15, -0.1) is 0 Å². The zero-order chi connectivity index (χ0) is 13.1. The van der Waals surface area contributed by atoms with Gasteiger partial charge in [0.1, 0.15) is 17.9 Å². The van der Waals surface area contributed by atoms with Gasteiger partial charge in [0.2, 0.25) is 0 Å². The van der Waals surface area contributed by atoms with Gasteiger partial charge in [-0.25, -0.2) is 9.78 Å². The summed E-state index contributed by atoms with van der Waals surface area (Å²) >= 11 is 0. The highest BCUT2D eigenvalue weighted by molar-refractivity contribution is 5.94. The molecule has 17 heavy (non-hydrogen) atoms. The van der Waals surface area contributed by atoms with E-state index in [1.807, 2.05) is 0 Å². The molecule has 0 radical (unpaired) electrons. The smallest absolute Gasteiger partial charge is 0.405 e. The van der Waals surface area contributed by atoms with Crippen LogP contribution < -0.4 is 5.32 Å². The summed E-state index contributed by atoms with van der Waals surface area (Å²) in [5.41, 5.74) is -0.793. The Hall–Kier alpha value is -2.12. The average molecular weight is 248 g/mol. The molecule has 92 valence electrons. The zero-order valence-corrected chi connectivity index (χ0v) is 8.28. The fraction of sp³-hybridized carbons (Fsp3) is 0.222. The Balaban J connectivity index is 2.76. The minimum atomic E-state index is -4.53. The molecule has 0 aliphatic heterocycles. The van der Waals surface area contributed by atoms with Crippen LogP contribution in [0.15, 0.2) is 18.2 Å². The second kappa shape index (κ2) is 4.81.